The van der Waals surface area contributed by atoms with Gasteiger partial charge in [-0.2, -0.15) is 0 Å². The summed E-state index contributed by atoms with van der Waals surface area (Å²) in [5.41, 5.74) is 2.69. The number of rotatable bonds is 5. The van der Waals surface area contributed by atoms with Gasteiger partial charge in [0.1, 0.15) is 11.4 Å². The van der Waals surface area contributed by atoms with Crippen LogP contribution in [-0.4, -0.2) is 35.8 Å². The number of hydrogen-bond donors (Lipinski definition) is 1. The Hall–Kier alpha value is -3.93. The second kappa shape index (κ2) is 8.13. The van der Waals surface area contributed by atoms with Gasteiger partial charge in [-0.05, 0) is 54.2 Å². The minimum Gasteiger partial charge on any atom is -0.464 e. The van der Waals surface area contributed by atoms with Crippen LogP contribution in [0.2, 0.25) is 0 Å². The van der Waals surface area contributed by atoms with E-state index in [1.54, 1.807) is 60.9 Å². The largest absolute Gasteiger partial charge is 0.464 e. The SMILES string of the molecule is O=C(NC[C@@H]1[C@@H]2C[C@@H]2CN1C(=O)c1ccccc1-c1ccccc1F)c1cccc2occc12. The molecule has 2 aliphatic rings. The summed E-state index contributed by atoms with van der Waals surface area (Å²) in [5.74, 6) is 0.181. The second-order valence-corrected chi connectivity index (χ2v) is 9.06. The smallest absolute Gasteiger partial charge is 0.254 e. The predicted molar refractivity (Wildman–Crippen MR) is 127 cm³/mol. The fourth-order valence-corrected chi connectivity index (χ4v) is 5.29. The minimum absolute atomic E-state index is 0.0846. The van der Waals surface area contributed by atoms with Crippen LogP contribution in [0.4, 0.5) is 4.39 Å². The van der Waals surface area contributed by atoms with Crippen LogP contribution in [0.15, 0.2) is 83.5 Å². The number of piperidine rings is 1. The van der Waals surface area contributed by atoms with Gasteiger partial charge in [0.25, 0.3) is 11.8 Å². The summed E-state index contributed by atoms with van der Waals surface area (Å²) >= 11 is 0. The molecule has 1 saturated carbocycles. The molecule has 5 nitrogen and oxygen atoms in total. The highest BCUT2D eigenvalue weighted by Gasteiger charge is 2.54. The number of halogens is 1. The Labute approximate surface area is 196 Å². The summed E-state index contributed by atoms with van der Waals surface area (Å²) < 4.78 is 19.9. The highest BCUT2D eigenvalue weighted by atomic mass is 19.1. The zero-order chi connectivity index (χ0) is 23.2. The first kappa shape index (κ1) is 20.7. The van der Waals surface area contributed by atoms with Crippen molar-refractivity contribution in [2.45, 2.75) is 12.5 Å². The van der Waals surface area contributed by atoms with Crippen LogP contribution in [0.5, 0.6) is 0 Å². The second-order valence-electron chi connectivity index (χ2n) is 9.06. The average molecular weight is 455 g/mol. The molecule has 0 spiro atoms. The van der Waals surface area contributed by atoms with Crippen molar-refractivity contribution in [3.8, 4) is 11.1 Å². The molecule has 34 heavy (non-hydrogen) atoms. The lowest BCUT2D eigenvalue weighted by Gasteiger charge is -2.29. The van der Waals surface area contributed by atoms with Gasteiger partial charge in [-0.3, -0.25) is 9.59 Å². The van der Waals surface area contributed by atoms with E-state index in [0.29, 0.717) is 52.8 Å². The Balaban J connectivity index is 1.24. The summed E-state index contributed by atoms with van der Waals surface area (Å²) in [6.07, 6.45) is 2.64. The number of amides is 2. The van der Waals surface area contributed by atoms with Gasteiger partial charge in [-0.25, -0.2) is 4.39 Å². The van der Waals surface area contributed by atoms with Gasteiger partial charge in [0, 0.05) is 29.6 Å². The third-order valence-electron chi connectivity index (χ3n) is 7.10. The Morgan fingerprint density at radius 1 is 0.941 bits per heavy atom. The third kappa shape index (κ3) is 3.46. The van der Waals surface area contributed by atoms with E-state index in [-0.39, 0.29) is 23.7 Å². The maximum Gasteiger partial charge on any atom is 0.254 e. The summed E-state index contributed by atoms with van der Waals surface area (Å²) in [7, 11) is 0. The van der Waals surface area contributed by atoms with E-state index >= 15 is 0 Å². The molecule has 0 bridgehead atoms. The molecule has 3 atom stereocenters. The van der Waals surface area contributed by atoms with Crippen molar-refractivity contribution in [1.82, 2.24) is 10.2 Å². The normalized spacial score (nSPS) is 20.9. The summed E-state index contributed by atoms with van der Waals surface area (Å²) in [6, 6.07) is 20.7. The van der Waals surface area contributed by atoms with Crippen molar-refractivity contribution < 1.29 is 18.4 Å². The van der Waals surface area contributed by atoms with Crippen LogP contribution in [0.25, 0.3) is 22.1 Å². The van der Waals surface area contributed by atoms with Crippen LogP contribution in [0.1, 0.15) is 27.1 Å². The average Bonchev–Trinajstić information content (AvgIpc) is 3.29. The monoisotopic (exact) mass is 454 g/mol. The molecule has 3 aromatic carbocycles. The zero-order valence-electron chi connectivity index (χ0n) is 18.4. The van der Waals surface area contributed by atoms with E-state index in [2.05, 4.69) is 5.32 Å². The molecule has 1 aliphatic heterocycles. The quantitative estimate of drug-likeness (QED) is 0.455. The van der Waals surface area contributed by atoms with E-state index < -0.39 is 0 Å². The van der Waals surface area contributed by atoms with E-state index in [4.69, 9.17) is 4.42 Å². The van der Waals surface area contributed by atoms with Gasteiger partial charge in [-0.15, -0.1) is 0 Å². The maximum absolute atomic E-state index is 14.5. The van der Waals surface area contributed by atoms with Crippen LogP contribution in [-0.2, 0) is 0 Å². The highest BCUT2D eigenvalue weighted by Crippen LogP contribution is 2.50. The number of fused-ring (bicyclic) bond motifs is 2. The fraction of sp³-hybridized carbons (Fsp3) is 0.214. The number of carbonyl (C=O) groups excluding carboxylic acids is 2. The number of benzene rings is 3. The standard InChI is InChI=1S/C28H23FN2O3/c29-24-10-4-3-7-19(24)18-6-1-2-8-22(18)28(33)31-16-17-14-23(17)25(31)15-30-27(32)21-9-5-11-26-20(21)12-13-34-26/h1-13,17,23,25H,14-16H2,(H,30,32)/t17-,23-,25-/m1/s1. The third-order valence-corrected chi connectivity index (χ3v) is 7.10. The van der Waals surface area contributed by atoms with Gasteiger partial charge in [0.05, 0.1) is 17.9 Å². The van der Waals surface area contributed by atoms with Crippen molar-refractivity contribution in [2.24, 2.45) is 11.8 Å². The molecule has 0 radical (unpaired) electrons. The van der Waals surface area contributed by atoms with Crippen LogP contribution in [0, 0.1) is 17.7 Å². The van der Waals surface area contributed by atoms with Crippen LogP contribution < -0.4 is 5.32 Å². The molecule has 2 heterocycles. The number of likely N-dealkylation sites (tertiary alicyclic amines) is 1. The number of furan rings is 1. The van der Waals surface area contributed by atoms with E-state index in [0.717, 1.165) is 11.8 Å². The summed E-state index contributed by atoms with van der Waals surface area (Å²) in [5, 5.41) is 3.80. The molecule has 6 heteroatoms. The van der Waals surface area contributed by atoms with Crippen LogP contribution >= 0.6 is 0 Å². The first-order valence-corrected chi connectivity index (χ1v) is 11.5. The lowest BCUT2D eigenvalue weighted by molar-refractivity contribution is 0.0695. The van der Waals surface area contributed by atoms with Gasteiger partial charge in [0.2, 0.25) is 0 Å². The molecule has 0 unspecified atom stereocenters. The fourth-order valence-electron chi connectivity index (χ4n) is 5.29. The first-order valence-electron chi connectivity index (χ1n) is 11.5. The molecular weight excluding hydrogens is 431 g/mol. The molecule has 1 aliphatic carbocycles. The van der Waals surface area contributed by atoms with Crippen molar-refractivity contribution in [1.29, 1.82) is 0 Å². The van der Waals surface area contributed by atoms with Crippen molar-refractivity contribution in [2.75, 3.05) is 13.1 Å². The highest BCUT2D eigenvalue weighted by molar-refractivity contribution is 6.06. The van der Waals surface area contributed by atoms with Crippen molar-refractivity contribution in [3.05, 3.63) is 96.0 Å². The summed E-state index contributed by atoms with van der Waals surface area (Å²) in [6.45, 7) is 1.04. The number of nitrogens with zero attached hydrogens (tertiary/aromatic N) is 1. The maximum atomic E-state index is 14.5. The lowest BCUT2D eigenvalue weighted by atomic mass is 9.98. The number of hydrogen-bond acceptors (Lipinski definition) is 3. The molecule has 6 rings (SSSR count). The lowest BCUT2D eigenvalue weighted by Crippen LogP contribution is -2.45. The summed E-state index contributed by atoms with van der Waals surface area (Å²) in [4.78, 5) is 28.5. The topological polar surface area (TPSA) is 62.6 Å². The van der Waals surface area contributed by atoms with E-state index in [1.807, 2.05) is 17.0 Å². The van der Waals surface area contributed by atoms with Crippen LogP contribution in [0.3, 0.4) is 0 Å². The predicted octanol–water partition coefficient (Wildman–Crippen LogP) is 5.13. The molecule has 2 fully saturated rings. The molecular formula is C28H23FN2O3. The van der Waals surface area contributed by atoms with E-state index in [9.17, 15) is 14.0 Å². The minimum atomic E-state index is -0.357. The molecule has 1 saturated heterocycles. The van der Waals surface area contributed by atoms with Gasteiger partial charge in [-0.1, -0.05) is 42.5 Å². The Bertz CT molecular complexity index is 1410. The Morgan fingerprint density at radius 2 is 1.71 bits per heavy atom. The van der Waals surface area contributed by atoms with Crippen molar-refractivity contribution >= 4 is 22.8 Å². The first-order chi connectivity index (χ1) is 16.6. The Kier molecular flexibility index (Phi) is 4.94. The van der Waals surface area contributed by atoms with Gasteiger partial charge < -0.3 is 14.6 Å². The molecule has 1 aromatic heterocycles. The molecule has 4 aromatic rings. The van der Waals surface area contributed by atoms with E-state index in [1.165, 1.54) is 6.07 Å². The number of nitrogens with one attached hydrogen (secondary N) is 1. The number of carbonyl (C=O) groups is 2. The van der Waals surface area contributed by atoms with Gasteiger partial charge in [0.15, 0.2) is 0 Å². The zero-order valence-corrected chi connectivity index (χ0v) is 18.4. The molecule has 2 amide bonds. The van der Waals surface area contributed by atoms with Gasteiger partial charge >= 0.3 is 0 Å². The Morgan fingerprint density at radius 3 is 2.56 bits per heavy atom. The molecule has 1 N–H and O–H groups in total. The molecule has 170 valence electrons. The van der Waals surface area contributed by atoms with Crippen molar-refractivity contribution in [3.63, 3.8) is 0 Å².